The molecule has 106 valence electrons. The number of anilines is 1. The number of thiazole rings is 1. The molecule has 1 aromatic heterocycles. The van der Waals surface area contributed by atoms with E-state index in [0.29, 0.717) is 0 Å². The van der Waals surface area contributed by atoms with Gasteiger partial charge in [0.05, 0.1) is 6.54 Å². The fourth-order valence-electron chi connectivity index (χ4n) is 1.38. The number of para-hydroxylation sites is 1. The molecule has 0 aliphatic rings. The lowest BCUT2D eigenvalue weighted by molar-refractivity contribution is -0.140. The summed E-state index contributed by atoms with van der Waals surface area (Å²) in [5.41, 5.74) is 5.49. The van der Waals surface area contributed by atoms with Crippen LogP contribution in [0.25, 0.3) is 0 Å². The lowest BCUT2D eigenvalue weighted by atomic mass is 10.3. The first-order valence-electron chi connectivity index (χ1n) is 5.59. The third-order valence-corrected chi connectivity index (χ3v) is 3.11. The van der Waals surface area contributed by atoms with Crippen molar-refractivity contribution in [2.75, 3.05) is 5.32 Å². The molecule has 0 saturated heterocycles. The van der Waals surface area contributed by atoms with Crippen LogP contribution in [0.3, 0.4) is 0 Å². The molecule has 4 nitrogen and oxygen atoms in total. The van der Waals surface area contributed by atoms with Gasteiger partial charge in [0.2, 0.25) is 0 Å². The molecular formula is C12H11F3N4S. The molecule has 2 rings (SSSR count). The Morgan fingerprint density at radius 2 is 2.00 bits per heavy atom. The highest BCUT2D eigenvalue weighted by molar-refractivity contribution is 7.09. The summed E-state index contributed by atoms with van der Waals surface area (Å²) in [5, 5.41) is 4.05. The highest BCUT2D eigenvalue weighted by Gasteiger charge is 2.33. The van der Waals surface area contributed by atoms with E-state index in [0.717, 1.165) is 22.4 Å². The van der Waals surface area contributed by atoms with Crippen molar-refractivity contribution in [3.8, 4) is 0 Å². The molecule has 0 aliphatic heterocycles. The predicted molar refractivity (Wildman–Crippen MR) is 72.5 cm³/mol. The largest absolute Gasteiger partial charge is 0.434 e. The molecule has 0 radical (unpaired) electrons. The van der Waals surface area contributed by atoms with Crippen molar-refractivity contribution in [1.82, 2.24) is 4.98 Å². The Labute approximate surface area is 117 Å². The first-order valence-corrected chi connectivity index (χ1v) is 6.47. The van der Waals surface area contributed by atoms with Gasteiger partial charge in [0.1, 0.15) is 5.01 Å². The van der Waals surface area contributed by atoms with Gasteiger partial charge in [-0.25, -0.2) is 9.98 Å². The number of benzene rings is 1. The Hall–Kier alpha value is -2.09. The highest BCUT2D eigenvalue weighted by Crippen LogP contribution is 2.30. The summed E-state index contributed by atoms with van der Waals surface area (Å²) in [4.78, 5) is 7.41. The van der Waals surface area contributed by atoms with E-state index >= 15 is 0 Å². The van der Waals surface area contributed by atoms with Crippen molar-refractivity contribution in [1.29, 1.82) is 0 Å². The molecule has 2 aromatic rings. The van der Waals surface area contributed by atoms with Gasteiger partial charge in [0.25, 0.3) is 0 Å². The Morgan fingerprint density at radius 3 is 2.60 bits per heavy atom. The van der Waals surface area contributed by atoms with E-state index in [-0.39, 0.29) is 17.5 Å². The van der Waals surface area contributed by atoms with Crippen molar-refractivity contribution in [2.45, 2.75) is 12.7 Å². The summed E-state index contributed by atoms with van der Waals surface area (Å²) in [7, 11) is 0. The number of alkyl halides is 3. The van der Waals surface area contributed by atoms with E-state index in [9.17, 15) is 13.2 Å². The summed E-state index contributed by atoms with van der Waals surface area (Å²) in [6.45, 7) is 0.00636. The van der Waals surface area contributed by atoms with E-state index in [1.807, 2.05) is 18.2 Å². The second-order valence-corrected chi connectivity index (χ2v) is 4.76. The van der Waals surface area contributed by atoms with Gasteiger partial charge in [-0.05, 0) is 12.1 Å². The fraction of sp³-hybridized carbons (Fsp3) is 0.167. The number of guanidine groups is 1. The van der Waals surface area contributed by atoms with E-state index in [1.165, 1.54) is 0 Å². The van der Waals surface area contributed by atoms with Crippen LogP contribution in [0.15, 0.2) is 40.7 Å². The first kappa shape index (κ1) is 14.3. The van der Waals surface area contributed by atoms with Crippen LogP contribution in [0.4, 0.5) is 18.9 Å². The van der Waals surface area contributed by atoms with Crippen molar-refractivity contribution >= 4 is 23.0 Å². The van der Waals surface area contributed by atoms with Crippen molar-refractivity contribution in [2.24, 2.45) is 10.7 Å². The summed E-state index contributed by atoms with van der Waals surface area (Å²) >= 11 is 0.903. The van der Waals surface area contributed by atoms with Gasteiger partial charge in [-0.1, -0.05) is 18.2 Å². The average molecular weight is 300 g/mol. The molecule has 3 N–H and O–H groups in total. The third-order valence-electron chi connectivity index (χ3n) is 2.27. The van der Waals surface area contributed by atoms with Crippen LogP contribution in [-0.4, -0.2) is 10.9 Å². The van der Waals surface area contributed by atoms with Gasteiger partial charge in [0.15, 0.2) is 11.7 Å². The van der Waals surface area contributed by atoms with Gasteiger partial charge >= 0.3 is 6.18 Å². The zero-order valence-corrected chi connectivity index (χ0v) is 11.0. The zero-order valence-electron chi connectivity index (χ0n) is 10.2. The molecule has 0 bridgehead atoms. The van der Waals surface area contributed by atoms with E-state index in [2.05, 4.69) is 15.3 Å². The normalized spacial score (nSPS) is 12.4. The number of aliphatic imine (C=N–C) groups is 1. The number of nitrogens with two attached hydrogens (primary N) is 1. The minimum atomic E-state index is -4.42. The minimum absolute atomic E-state index is 0.00636. The molecule has 0 fully saturated rings. The van der Waals surface area contributed by atoms with Gasteiger partial charge in [-0.2, -0.15) is 13.2 Å². The molecule has 0 saturated carbocycles. The molecule has 1 heterocycles. The number of rotatable bonds is 3. The van der Waals surface area contributed by atoms with Crippen LogP contribution in [0.5, 0.6) is 0 Å². The summed E-state index contributed by atoms with van der Waals surface area (Å²) in [6, 6.07) is 9.10. The zero-order chi connectivity index (χ0) is 14.6. The van der Waals surface area contributed by atoms with Crippen LogP contribution in [-0.2, 0) is 12.7 Å². The van der Waals surface area contributed by atoms with Crippen molar-refractivity contribution in [3.63, 3.8) is 0 Å². The van der Waals surface area contributed by atoms with E-state index in [4.69, 9.17) is 5.73 Å². The number of nitrogens with one attached hydrogen (secondary N) is 1. The second kappa shape index (κ2) is 5.91. The molecule has 1 aromatic carbocycles. The summed E-state index contributed by atoms with van der Waals surface area (Å²) in [5.74, 6) is 0.125. The summed E-state index contributed by atoms with van der Waals surface area (Å²) in [6.07, 6.45) is -4.42. The maximum absolute atomic E-state index is 12.4. The molecule has 0 atom stereocenters. The topological polar surface area (TPSA) is 63.3 Å². The Balaban J connectivity index is 1.97. The van der Waals surface area contributed by atoms with E-state index in [1.54, 1.807) is 12.1 Å². The van der Waals surface area contributed by atoms with Gasteiger partial charge in [-0.15, -0.1) is 11.3 Å². The number of nitrogens with zero attached hydrogens (tertiary/aromatic N) is 2. The second-order valence-electron chi connectivity index (χ2n) is 3.82. The number of hydrogen-bond donors (Lipinski definition) is 2. The molecule has 20 heavy (non-hydrogen) atoms. The SMILES string of the molecule is NC(=NCc1nc(C(F)(F)F)cs1)Nc1ccccc1. The van der Waals surface area contributed by atoms with Crippen molar-refractivity contribution in [3.05, 3.63) is 46.4 Å². The molecule has 0 amide bonds. The lowest BCUT2D eigenvalue weighted by Crippen LogP contribution is -2.22. The van der Waals surface area contributed by atoms with Crippen LogP contribution in [0, 0.1) is 0 Å². The Bertz CT molecular complexity index is 592. The highest BCUT2D eigenvalue weighted by atomic mass is 32.1. The molecule has 0 unspecified atom stereocenters. The van der Waals surface area contributed by atoms with Gasteiger partial charge in [-0.3, -0.25) is 0 Å². The molecular weight excluding hydrogens is 289 g/mol. The van der Waals surface area contributed by atoms with Crippen LogP contribution < -0.4 is 11.1 Å². The minimum Gasteiger partial charge on any atom is -0.370 e. The van der Waals surface area contributed by atoms with Crippen LogP contribution >= 0.6 is 11.3 Å². The van der Waals surface area contributed by atoms with E-state index < -0.39 is 11.9 Å². The van der Waals surface area contributed by atoms with Crippen LogP contribution in [0.2, 0.25) is 0 Å². The van der Waals surface area contributed by atoms with Crippen LogP contribution in [0.1, 0.15) is 10.7 Å². The summed E-state index contributed by atoms with van der Waals surface area (Å²) < 4.78 is 37.1. The number of halogens is 3. The van der Waals surface area contributed by atoms with Gasteiger partial charge in [0, 0.05) is 11.1 Å². The third kappa shape index (κ3) is 3.95. The lowest BCUT2D eigenvalue weighted by Gasteiger charge is -2.04. The quantitative estimate of drug-likeness (QED) is 0.676. The first-order chi connectivity index (χ1) is 9.45. The predicted octanol–water partition coefficient (Wildman–Crippen LogP) is 3.09. The standard InChI is InChI=1S/C12H11F3N4S/c13-12(14,15)9-7-20-10(19-9)6-17-11(16)18-8-4-2-1-3-5-8/h1-5,7H,6H2,(H3,16,17,18). The Morgan fingerprint density at radius 1 is 1.30 bits per heavy atom. The Kier molecular flexibility index (Phi) is 4.23. The van der Waals surface area contributed by atoms with Crippen molar-refractivity contribution < 1.29 is 13.2 Å². The number of aromatic nitrogens is 1. The molecule has 0 spiro atoms. The molecule has 8 heteroatoms. The fourth-order valence-corrected chi connectivity index (χ4v) is 2.10. The maximum atomic E-state index is 12.4. The average Bonchev–Trinajstić information content (AvgIpc) is 2.86. The smallest absolute Gasteiger partial charge is 0.370 e. The number of hydrogen-bond acceptors (Lipinski definition) is 3. The van der Waals surface area contributed by atoms with Gasteiger partial charge < -0.3 is 11.1 Å². The maximum Gasteiger partial charge on any atom is 0.434 e. The molecule has 0 aliphatic carbocycles. The monoisotopic (exact) mass is 300 g/mol.